The summed E-state index contributed by atoms with van der Waals surface area (Å²) in [7, 11) is 0. The molecule has 3 nitrogen and oxygen atoms in total. The van der Waals surface area contributed by atoms with Crippen LogP contribution < -0.4 is 5.32 Å². The number of nitrogens with zero attached hydrogens (tertiary/aromatic N) is 2. The molecule has 2 heterocycles. The Labute approximate surface area is 93.6 Å². The van der Waals surface area contributed by atoms with E-state index in [1.165, 1.54) is 6.42 Å². The van der Waals surface area contributed by atoms with Gasteiger partial charge >= 0.3 is 0 Å². The first-order valence-corrected chi connectivity index (χ1v) is 6.14. The standard InChI is InChI=1S/C11H15N3S/c1-3-4-8(2)14-11-10-9(5-6-15-10)12-7-13-11/h5-8H,3-4H2,1-2H3,(H,12,13,14). The number of rotatable bonds is 4. The third-order valence-electron chi connectivity index (χ3n) is 2.35. The molecule has 1 N–H and O–H groups in total. The monoisotopic (exact) mass is 221 g/mol. The molecule has 0 saturated carbocycles. The van der Waals surface area contributed by atoms with Crippen LogP contribution in [0.4, 0.5) is 5.82 Å². The van der Waals surface area contributed by atoms with Crippen molar-refractivity contribution >= 4 is 27.4 Å². The summed E-state index contributed by atoms with van der Waals surface area (Å²) in [6.45, 7) is 4.38. The second-order valence-electron chi connectivity index (χ2n) is 3.69. The molecule has 2 rings (SSSR count). The first-order valence-electron chi connectivity index (χ1n) is 5.26. The van der Waals surface area contributed by atoms with Gasteiger partial charge in [0.2, 0.25) is 0 Å². The quantitative estimate of drug-likeness (QED) is 0.860. The zero-order chi connectivity index (χ0) is 10.7. The number of nitrogens with one attached hydrogen (secondary N) is 1. The summed E-state index contributed by atoms with van der Waals surface area (Å²) in [5.41, 5.74) is 1.03. The normalized spacial score (nSPS) is 12.9. The number of hydrogen-bond acceptors (Lipinski definition) is 4. The molecule has 4 heteroatoms. The maximum atomic E-state index is 4.29. The Balaban J connectivity index is 2.23. The highest BCUT2D eigenvalue weighted by Gasteiger charge is 2.07. The van der Waals surface area contributed by atoms with Crippen LogP contribution >= 0.6 is 11.3 Å². The topological polar surface area (TPSA) is 37.8 Å². The van der Waals surface area contributed by atoms with Gasteiger partial charge in [0, 0.05) is 6.04 Å². The fourth-order valence-corrected chi connectivity index (χ4v) is 2.43. The van der Waals surface area contributed by atoms with Crippen LogP contribution in [0.3, 0.4) is 0 Å². The van der Waals surface area contributed by atoms with Gasteiger partial charge in [-0.2, -0.15) is 0 Å². The van der Waals surface area contributed by atoms with Gasteiger partial charge < -0.3 is 5.32 Å². The van der Waals surface area contributed by atoms with Gasteiger partial charge in [0.25, 0.3) is 0 Å². The van der Waals surface area contributed by atoms with E-state index < -0.39 is 0 Å². The summed E-state index contributed by atoms with van der Waals surface area (Å²) < 4.78 is 1.15. The molecule has 0 aliphatic heterocycles. The minimum Gasteiger partial charge on any atom is -0.366 e. The Kier molecular flexibility index (Phi) is 3.16. The molecule has 0 aromatic carbocycles. The average Bonchev–Trinajstić information content (AvgIpc) is 2.67. The van der Waals surface area contributed by atoms with Crippen LogP contribution in [0.15, 0.2) is 17.8 Å². The number of thiophene rings is 1. The fraction of sp³-hybridized carbons (Fsp3) is 0.455. The van der Waals surface area contributed by atoms with E-state index in [0.717, 1.165) is 22.5 Å². The van der Waals surface area contributed by atoms with Crippen molar-refractivity contribution in [3.8, 4) is 0 Å². The van der Waals surface area contributed by atoms with Crippen LogP contribution in [-0.4, -0.2) is 16.0 Å². The van der Waals surface area contributed by atoms with E-state index in [9.17, 15) is 0 Å². The van der Waals surface area contributed by atoms with Gasteiger partial charge in [-0.1, -0.05) is 13.3 Å². The number of fused-ring (bicyclic) bond motifs is 1. The number of hydrogen-bond donors (Lipinski definition) is 1. The Morgan fingerprint density at radius 1 is 1.47 bits per heavy atom. The third kappa shape index (κ3) is 2.26. The summed E-state index contributed by atoms with van der Waals surface area (Å²) >= 11 is 1.69. The van der Waals surface area contributed by atoms with Gasteiger partial charge in [0.05, 0.1) is 10.2 Å². The fourth-order valence-electron chi connectivity index (χ4n) is 1.63. The van der Waals surface area contributed by atoms with Gasteiger partial charge in [0.1, 0.15) is 12.1 Å². The van der Waals surface area contributed by atoms with Crippen molar-refractivity contribution in [1.82, 2.24) is 9.97 Å². The maximum absolute atomic E-state index is 4.29. The minimum atomic E-state index is 0.468. The van der Waals surface area contributed by atoms with Crippen LogP contribution in [0.5, 0.6) is 0 Å². The summed E-state index contributed by atoms with van der Waals surface area (Å²) in [5, 5.41) is 5.48. The molecule has 1 unspecified atom stereocenters. The van der Waals surface area contributed by atoms with Crippen molar-refractivity contribution in [3.63, 3.8) is 0 Å². The predicted molar refractivity (Wildman–Crippen MR) is 65.4 cm³/mol. The Bertz CT molecular complexity index is 438. The SMILES string of the molecule is CCCC(C)Nc1ncnc2ccsc12. The van der Waals surface area contributed by atoms with Gasteiger partial charge in [0.15, 0.2) is 0 Å². The van der Waals surface area contributed by atoms with Gasteiger partial charge in [-0.25, -0.2) is 9.97 Å². The summed E-state index contributed by atoms with van der Waals surface area (Å²) in [6.07, 6.45) is 3.97. The van der Waals surface area contributed by atoms with Crippen LogP contribution in [-0.2, 0) is 0 Å². The van der Waals surface area contributed by atoms with Crippen LogP contribution in [0.1, 0.15) is 26.7 Å². The smallest absolute Gasteiger partial charge is 0.147 e. The van der Waals surface area contributed by atoms with Gasteiger partial charge in [-0.3, -0.25) is 0 Å². The van der Waals surface area contributed by atoms with Crippen LogP contribution in [0.2, 0.25) is 0 Å². The summed E-state index contributed by atoms with van der Waals surface area (Å²) in [4.78, 5) is 8.50. The number of aromatic nitrogens is 2. The summed E-state index contributed by atoms with van der Waals surface area (Å²) in [6, 6.07) is 2.49. The molecule has 0 aliphatic carbocycles. The van der Waals surface area contributed by atoms with Crippen LogP contribution in [0.25, 0.3) is 10.2 Å². The van der Waals surface area contributed by atoms with Crippen molar-refractivity contribution in [2.75, 3.05) is 5.32 Å². The molecular formula is C11H15N3S. The molecule has 0 amide bonds. The van der Waals surface area contributed by atoms with E-state index in [0.29, 0.717) is 6.04 Å². The van der Waals surface area contributed by atoms with Crippen molar-refractivity contribution in [1.29, 1.82) is 0 Å². The zero-order valence-electron chi connectivity index (χ0n) is 9.03. The van der Waals surface area contributed by atoms with E-state index in [2.05, 4.69) is 34.5 Å². The average molecular weight is 221 g/mol. The second-order valence-corrected chi connectivity index (χ2v) is 4.61. The maximum Gasteiger partial charge on any atom is 0.147 e. The lowest BCUT2D eigenvalue weighted by Gasteiger charge is -2.13. The molecule has 80 valence electrons. The molecular weight excluding hydrogens is 206 g/mol. The van der Waals surface area contributed by atoms with E-state index >= 15 is 0 Å². The Morgan fingerprint density at radius 3 is 3.13 bits per heavy atom. The molecule has 0 aliphatic rings. The highest BCUT2D eigenvalue weighted by atomic mass is 32.1. The van der Waals surface area contributed by atoms with E-state index in [1.807, 2.05) is 6.07 Å². The molecule has 1 atom stereocenters. The molecule has 2 aromatic rings. The van der Waals surface area contributed by atoms with Crippen LogP contribution in [0, 0.1) is 0 Å². The lowest BCUT2D eigenvalue weighted by Crippen LogP contribution is -2.15. The molecule has 0 spiro atoms. The zero-order valence-corrected chi connectivity index (χ0v) is 9.84. The minimum absolute atomic E-state index is 0.468. The van der Waals surface area contributed by atoms with E-state index in [4.69, 9.17) is 0 Å². The predicted octanol–water partition coefficient (Wildman–Crippen LogP) is 3.29. The van der Waals surface area contributed by atoms with E-state index in [-0.39, 0.29) is 0 Å². The van der Waals surface area contributed by atoms with Crippen molar-refractivity contribution < 1.29 is 0 Å². The van der Waals surface area contributed by atoms with Gasteiger partial charge in [-0.15, -0.1) is 11.3 Å². The van der Waals surface area contributed by atoms with Gasteiger partial charge in [-0.05, 0) is 24.8 Å². The van der Waals surface area contributed by atoms with Crippen molar-refractivity contribution in [3.05, 3.63) is 17.8 Å². The molecule has 15 heavy (non-hydrogen) atoms. The van der Waals surface area contributed by atoms with Crippen molar-refractivity contribution in [2.24, 2.45) is 0 Å². The molecule has 0 bridgehead atoms. The largest absolute Gasteiger partial charge is 0.366 e. The Morgan fingerprint density at radius 2 is 2.33 bits per heavy atom. The van der Waals surface area contributed by atoms with E-state index in [1.54, 1.807) is 17.7 Å². The summed E-state index contributed by atoms with van der Waals surface area (Å²) in [5.74, 6) is 0.968. The highest BCUT2D eigenvalue weighted by molar-refractivity contribution is 7.17. The first kappa shape index (κ1) is 10.4. The second kappa shape index (κ2) is 4.57. The molecule has 0 fully saturated rings. The number of anilines is 1. The molecule has 2 aromatic heterocycles. The first-order chi connectivity index (χ1) is 7.31. The lowest BCUT2D eigenvalue weighted by molar-refractivity contribution is 0.688. The third-order valence-corrected chi connectivity index (χ3v) is 3.26. The Hall–Kier alpha value is -1.16. The lowest BCUT2D eigenvalue weighted by atomic mass is 10.2. The van der Waals surface area contributed by atoms with Crippen molar-refractivity contribution in [2.45, 2.75) is 32.7 Å². The molecule has 0 radical (unpaired) electrons. The molecule has 0 saturated heterocycles. The highest BCUT2D eigenvalue weighted by Crippen LogP contribution is 2.25.